The van der Waals surface area contributed by atoms with Gasteiger partial charge >= 0.3 is 0 Å². The molecule has 0 saturated carbocycles. The number of carbonyl (C=O) groups excluding carboxylic acids is 1. The molecule has 0 bridgehead atoms. The maximum atomic E-state index is 13.0. The lowest BCUT2D eigenvalue weighted by molar-refractivity contribution is -0.130. The molecule has 1 saturated heterocycles. The highest BCUT2D eigenvalue weighted by atomic mass is 35.5. The molecule has 144 valence electrons. The summed E-state index contributed by atoms with van der Waals surface area (Å²) in [5.41, 5.74) is 1.78. The summed E-state index contributed by atoms with van der Waals surface area (Å²) < 4.78 is 15.0. The monoisotopic (exact) mass is 398 g/mol. The molecule has 0 radical (unpaired) electrons. The molecule has 0 aliphatic carbocycles. The summed E-state index contributed by atoms with van der Waals surface area (Å²) in [7, 11) is 0. The Balaban J connectivity index is 1.40. The van der Waals surface area contributed by atoms with E-state index in [1.54, 1.807) is 18.3 Å². The van der Waals surface area contributed by atoms with E-state index in [4.69, 9.17) is 11.6 Å². The van der Waals surface area contributed by atoms with Crippen LogP contribution in [-0.4, -0.2) is 46.5 Å². The fourth-order valence-corrected chi connectivity index (χ4v) is 3.59. The van der Waals surface area contributed by atoms with E-state index in [1.165, 1.54) is 12.1 Å². The fraction of sp³-hybridized carbons (Fsp3) is 0.238. The largest absolute Gasteiger partial charge is 0.339 e. The number of rotatable bonds is 4. The molecule has 1 fully saturated rings. The van der Waals surface area contributed by atoms with Gasteiger partial charge in [-0.15, -0.1) is 0 Å². The average molecular weight is 399 g/mol. The molecule has 3 aromatic rings. The van der Waals surface area contributed by atoms with Crippen molar-refractivity contribution in [2.24, 2.45) is 0 Å². The Kier molecular flexibility index (Phi) is 5.30. The van der Waals surface area contributed by atoms with Crippen molar-refractivity contribution in [3.8, 4) is 5.69 Å². The van der Waals surface area contributed by atoms with Crippen LogP contribution in [0.4, 0.5) is 10.3 Å². The van der Waals surface area contributed by atoms with E-state index < -0.39 is 0 Å². The maximum Gasteiger partial charge on any atom is 0.227 e. The molecule has 1 aliphatic rings. The standard InChI is InChI=1S/C21H20ClFN4O/c22-17-2-1-3-19(15-17)27-9-8-24-21(27)26-12-10-25(11-13-26)20(28)14-16-4-6-18(23)7-5-16/h1-9,15H,10-14H2. The minimum atomic E-state index is -0.292. The van der Waals surface area contributed by atoms with Gasteiger partial charge in [-0.05, 0) is 35.9 Å². The van der Waals surface area contributed by atoms with Crippen molar-refractivity contribution in [3.63, 3.8) is 0 Å². The summed E-state index contributed by atoms with van der Waals surface area (Å²) >= 11 is 6.12. The number of benzene rings is 2. The van der Waals surface area contributed by atoms with Crippen molar-refractivity contribution in [1.82, 2.24) is 14.5 Å². The van der Waals surface area contributed by atoms with Crippen molar-refractivity contribution in [3.05, 3.63) is 77.3 Å². The number of aromatic nitrogens is 2. The van der Waals surface area contributed by atoms with Crippen LogP contribution in [0.2, 0.25) is 5.02 Å². The minimum absolute atomic E-state index is 0.0597. The molecule has 2 heterocycles. The Bertz CT molecular complexity index is 965. The summed E-state index contributed by atoms with van der Waals surface area (Å²) in [6.45, 7) is 2.66. The Labute approximate surface area is 168 Å². The SMILES string of the molecule is O=C(Cc1ccc(F)cc1)N1CCN(c2nccn2-c2cccc(Cl)c2)CC1. The highest BCUT2D eigenvalue weighted by molar-refractivity contribution is 6.30. The van der Waals surface area contributed by atoms with Gasteiger partial charge < -0.3 is 9.80 Å². The Morgan fingerprint density at radius 2 is 1.82 bits per heavy atom. The van der Waals surface area contributed by atoms with Crippen LogP contribution in [-0.2, 0) is 11.2 Å². The number of halogens is 2. The van der Waals surface area contributed by atoms with Crippen molar-refractivity contribution >= 4 is 23.5 Å². The fourth-order valence-electron chi connectivity index (χ4n) is 3.40. The van der Waals surface area contributed by atoms with E-state index in [1.807, 2.05) is 39.9 Å². The smallest absolute Gasteiger partial charge is 0.227 e. The van der Waals surface area contributed by atoms with E-state index in [9.17, 15) is 9.18 Å². The first-order valence-corrected chi connectivity index (χ1v) is 9.54. The van der Waals surface area contributed by atoms with Gasteiger partial charge in [0, 0.05) is 49.3 Å². The van der Waals surface area contributed by atoms with Crippen LogP contribution in [0.3, 0.4) is 0 Å². The van der Waals surface area contributed by atoms with E-state index in [0.717, 1.165) is 17.2 Å². The average Bonchev–Trinajstić information content (AvgIpc) is 3.20. The number of hydrogen-bond donors (Lipinski definition) is 0. The van der Waals surface area contributed by atoms with Gasteiger partial charge in [-0.1, -0.05) is 29.8 Å². The van der Waals surface area contributed by atoms with E-state index in [0.29, 0.717) is 31.2 Å². The molecular formula is C21H20ClFN4O. The third kappa shape index (κ3) is 4.02. The zero-order valence-electron chi connectivity index (χ0n) is 15.3. The van der Waals surface area contributed by atoms with Crippen LogP contribution in [0.15, 0.2) is 60.9 Å². The molecule has 5 nitrogen and oxygen atoms in total. The molecular weight excluding hydrogens is 379 g/mol. The van der Waals surface area contributed by atoms with Crippen LogP contribution in [0.25, 0.3) is 5.69 Å². The van der Waals surface area contributed by atoms with Gasteiger partial charge in [0.25, 0.3) is 0 Å². The summed E-state index contributed by atoms with van der Waals surface area (Å²) in [5.74, 6) is 0.609. The van der Waals surface area contributed by atoms with E-state index in [2.05, 4.69) is 9.88 Å². The van der Waals surface area contributed by atoms with E-state index in [-0.39, 0.29) is 18.1 Å². The van der Waals surface area contributed by atoms with Gasteiger partial charge in [0.2, 0.25) is 11.9 Å². The van der Waals surface area contributed by atoms with Crippen LogP contribution >= 0.6 is 11.6 Å². The number of carbonyl (C=O) groups is 1. The zero-order chi connectivity index (χ0) is 19.5. The molecule has 1 amide bonds. The zero-order valence-corrected chi connectivity index (χ0v) is 16.0. The third-order valence-corrected chi connectivity index (χ3v) is 5.13. The van der Waals surface area contributed by atoms with Crippen molar-refractivity contribution in [2.45, 2.75) is 6.42 Å². The van der Waals surface area contributed by atoms with Gasteiger partial charge in [-0.3, -0.25) is 9.36 Å². The minimum Gasteiger partial charge on any atom is -0.339 e. The quantitative estimate of drug-likeness (QED) is 0.674. The highest BCUT2D eigenvalue weighted by Gasteiger charge is 2.24. The first kappa shape index (κ1) is 18.5. The summed E-state index contributed by atoms with van der Waals surface area (Å²) in [6.07, 6.45) is 3.97. The first-order chi connectivity index (χ1) is 13.6. The predicted molar refractivity (Wildman–Crippen MR) is 107 cm³/mol. The van der Waals surface area contributed by atoms with Gasteiger partial charge in [0.05, 0.1) is 6.42 Å². The molecule has 0 unspecified atom stereocenters. The molecule has 0 atom stereocenters. The van der Waals surface area contributed by atoms with E-state index >= 15 is 0 Å². The van der Waals surface area contributed by atoms with Gasteiger partial charge in [0.15, 0.2) is 0 Å². The summed E-state index contributed by atoms with van der Waals surface area (Å²) in [5, 5.41) is 0.674. The lowest BCUT2D eigenvalue weighted by Crippen LogP contribution is -2.49. The van der Waals surface area contributed by atoms with Crippen LogP contribution in [0.1, 0.15) is 5.56 Å². The van der Waals surface area contributed by atoms with Crippen molar-refractivity contribution in [2.75, 3.05) is 31.1 Å². The number of nitrogens with zero attached hydrogens (tertiary/aromatic N) is 4. The lowest BCUT2D eigenvalue weighted by atomic mass is 10.1. The predicted octanol–water partition coefficient (Wildman–Crippen LogP) is 3.56. The van der Waals surface area contributed by atoms with Crippen LogP contribution in [0, 0.1) is 5.82 Å². The normalized spacial score (nSPS) is 14.4. The summed E-state index contributed by atoms with van der Waals surface area (Å²) in [4.78, 5) is 21.1. The van der Waals surface area contributed by atoms with Gasteiger partial charge in [-0.2, -0.15) is 0 Å². The Morgan fingerprint density at radius 1 is 1.07 bits per heavy atom. The second kappa shape index (κ2) is 8.02. The third-order valence-electron chi connectivity index (χ3n) is 4.89. The Morgan fingerprint density at radius 3 is 2.54 bits per heavy atom. The summed E-state index contributed by atoms with van der Waals surface area (Å²) in [6, 6.07) is 13.7. The van der Waals surface area contributed by atoms with Crippen LogP contribution < -0.4 is 4.90 Å². The molecule has 4 rings (SSSR count). The van der Waals surface area contributed by atoms with Gasteiger partial charge in [0.1, 0.15) is 5.82 Å². The molecule has 1 aromatic heterocycles. The molecule has 0 spiro atoms. The molecule has 28 heavy (non-hydrogen) atoms. The second-order valence-corrected chi connectivity index (χ2v) is 7.18. The number of hydrogen-bond acceptors (Lipinski definition) is 3. The second-order valence-electron chi connectivity index (χ2n) is 6.75. The lowest BCUT2D eigenvalue weighted by Gasteiger charge is -2.35. The van der Waals surface area contributed by atoms with Crippen LogP contribution in [0.5, 0.6) is 0 Å². The number of piperazine rings is 1. The molecule has 2 aromatic carbocycles. The van der Waals surface area contributed by atoms with Gasteiger partial charge in [-0.25, -0.2) is 9.37 Å². The molecule has 7 heteroatoms. The maximum absolute atomic E-state index is 13.0. The number of anilines is 1. The Hall–Kier alpha value is -2.86. The number of imidazole rings is 1. The number of amides is 1. The highest BCUT2D eigenvalue weighted by Crippen LogP contribution is 2.22. The van der Waals surface area contributed by atoms with Crippen molar-refractivity contribution < 1.29 is 9.18 Å². The molecule has 0 N–H and O–H groups in total. The van der Waals surface area contributed by atoms with Crippen molar-refractivity contribution in [1.29, 1.82) is 0 Å². The first-order valence-electron chi connectivity index (χ1n) is 9.16. The molecule has 1 aliphatic heterocycles. The topological polar surface area (TPSA) is 41.4 Å².